The number of aliphatic hydroxyl groups is 1. The van der Waals surface area contributed by atoms with Gasteiger partial charge >= 0.3 is 0 Å². The topological polar surface area (TPSA) is 20.2 Å². The Morgan fingerprint density at radius 2 is 2.12 bits per heavy atom. The summed E-state index contributed by atoms with van der Waals surface area (Å²) >= 11 is 0. The number of hydrogen-bond donors (Lipinski definition) is 1. The maximum Gasteiger partial charge on any atom is 0.118 e. The van der Waals surface area contributed by atoms with E-state index in [1.165, 1.54) is 0 Å². The molecule has 1 heteroatoms. The Hall–Kier alpha value is -1.50. The number of aliphatic hydroxyl groups excluding tert-OH is 1. The van der Waals surface area contributed by atoms with E-state index >= 15 is 0 Å². The van der Waals surface area contributed by atoms with Crippen molar-refractivity contribution < 1.29 is 5.11 Å². The van der Waals surface area contributed by atoms with Crippen molar-refractivity contribution in [2.24, 2.45) is 5.92 Å². The zero-order valence-electron chi connectivity index (χ0n) is 9.73. The Kier molecular flexibility index (Phi) is 5.41. The first-order chi connectivity index (χ1) is 7.77. The molecule has 0 heterocycles. The van der Waals surface area contributed by atoms with Crippen LogP contribution in [0, 0.1) is 5.92 Å². The molecule has 0 saturated carbocycles. The first-order valence-electron chi connectivity index (χ1n) is 5.77. The molecular weight excluding hydrogens is 196 g/mol. The number of rotatable bonds is 6. The van der Waals surface area contributed by atoms with Gasteiger partial charge in [0.15, 0.2) is 0 Å². The fourth-order valence-electron chi connectivity index (χ4n) is 1.73. The second-order valence-electron chi connectivity index (χ2n) is 4.00. The lowest BCUT2D eigenvalue weighted by Gasteiger charge is -2.15. The van der Waals surface area contributed by atoms with Crippen LogP contribution in [-0.4, -0.2) is 5.11 Å². The number of unbranched alkanes of at least 4 members (excludes halogenated alkanes) is 1. The van der Waals surface area contributed by atoms with Crippen LogP contribution in [0.1, 0.15) is 25.7 Å². The van der Waals surface area contributed by atoms with Gasteiger partial charge in [0.25, 0.3) is 0 Å². The Morgan fingerprint density at radius 1 is 1.31 bits per heavy atom. The van der Waals surface area contributed by atoms with Gasteiger partial charge in [0.1, 0.15) is 5.76 Å². The summed E-state index contributed by atoms with van der Waals surface area (Å²) in [5.74, 6) is 0.877. The molecule has 0 amide bonds. The number of hydrogen-bond acceptors (Lipinski definition) is 1. The zero-order chi connectivity index (χ0) is 11.8. The second-order valence-corrected chi connectivity index (χ2v) is 4.00. The summed E-state index contributed by atoms with van der Waals surface area (Å²) in [6.07, 6.45) is 15.7. The lowest BCUT2D eigenvalue weighted by Crippen LogP contribution is -2.02. The van der Waals surface area contributed by atoms with Crippen molar-refractivity contribution in [1.82, 2.24) is 0 Å². The molecule has 1 nitrogen and oxygen atoms in total. The second kappa shape index (κ2) is 6.89. The Labute approximate surface area is 98.2 Å². The van der Waals surface area contributed by atoms with Gasteiger partial charge in [0.05, 0.1) is 0 Å². The van der Waals surface area contributed by atoms with Crippen LogP contribution >= 0.6 is 0 Å². The highest BCUT2D eigenvalue weighted by atomic mass is 16.3. The minimum absolute atomic E-state index is 0.398. The van der Waals surface area contributed by atoms with E-state index in [1.54, 1.807) is 0 Å². The van der Waals surface area contributed by atoms with Gasteiger partial charge in [-0.25, -0.2) is 0 Å². The Balaban J connectivity index is 2.59. The van der Waals surface area contributed by atoms with Crippen molar-refractivity contribution in [3.8, 4) is 0 Å². The van der Waals surface area contributed by atoms with Gasteiger partial charge in [-0.15, -0.1) is 13.2 Å². The quantitative estimate of drug-likeness (QED) is 0.513. The Bertz CT molecular complexity index is 331. The van der Waals surface area contributed by atoms with E-state index in [1.807, 2.05) is 24.3 Å². The van der Waals surface area contributed by atoms with Crippen LogP contribution in [0.3, 0.4) is 0 Å². The van der Waals surface area contributed by atoms with Crippen molar-refractivity contribution >= 4 is 0 Å². The largest absolute Gasteiger partial charge is 0.508 e. The fraction of sp³-hybridized carbons (Fsp3) is 0.333. The smallest absolute Gasteiger partial charge is 0.118 e. The number of allylic oxidation sites excluding steroid dienone is 6. The van der Waals surface area contributed by atoms with Crippen LogP contribution in [0.5, 0.6) is 0 Å². The summed E-state index contributed by atoms with van der Waals surface area (Å²) < 4.78 is 0. The molecule has 0 aromatic heterocycles. The van der Waals surface area contributed by atoms with Gasteiger partial charge in [0.2, 0.25) is 0 Å². The van der Waals surface area contributed by atoms with Crippen LogP contribution in [-0.2, 0) is 0 Å². The molecule has 1 atom stereocenters. The molecule has 0 fully saturated rings. The molecule has 0 saturated heterocycles. The lowest BCUT2D eigenvalue weighted by atomic mass is 9.92. The first-order valence-corrected chi connectivity index (χ1v) is 5.77. The van der Waals surface area contributed by atoms with Crippen molar-refractivity contribution in [3.05, 3.63) is 60.9 Å². The highest BCUT2D eigenvalue weighted by molar-refractivity contribution is 5.38. The van der Waals surface area contributed by atoms with Crippen molar-refractivity contribution in [2.75, 3.05) is 0 Å². The van der Waals surface area contributed by atoms with Gasteiger partial charge in [-0.3, -0.25) is 0 Å². The summed E-state index contributed by atoms with van der Waals surface area (Å²) in [7, 11) is 0. The standard InChI is InChI=1S/C15H20O/c1-3-5-6-7-9-14-12-13(8-4-2)10-11-15(14)16/h3-4,7,9,11-13,16H,1-2,5-6,8,10H2/b9-7+. The van der Waals surface area contributed by atoms with E-state index in [2.05, 4.69) is 25.3 Å². The highest BCUT2D eigenvalue weighted by Gasteiger charge is 2.11. The fourth-order valence-corrected chi connectivity index (χ4v) is 1.73. The van der Waals surface area contributed by atoms with E-state index in [0.29, 0.717) is 11.7 Å². The monoisotopic (exact) mass is 216 g/mol. The molecule has 1 aliphatic carbocycles. The van der Waals surface area contributed by atoms with Crippen LogP contribution in [0.4, 0.5) is 0 Å². The molecule has 0 aliphatic heterocycles. The molecule has 16 heavy (non-hydrogen) atoms. The average Bonchev–Trinajstić information content (AvgIpc) is 2.29. The van der Waals surface area contributed by atoms with Crippen LogP contribution in [0.25, 0.3) is 0 Å². The zero-order valence-corrected chi connectivity index (χ0v) is 9.73. The molecule has 1 rings (SSSR count). The molecule has 1 aliphatic rings. The Morgan fingerprint density at radius 3 is 2.81 bits per heavy atom. The van der Waals surface area contributed by atoms with Gasteiger partial charge in [-0.2, -0.15) is 0 Å². The minimum Gasteiger partial charge on any atom is -0.508 e. The van der Waals surface area contributed by atoms with Gasteiger partial charge < -0.3 is 5.11 Å². The summed E-state index contributed by atoms with van der Waals surface area (Å²) in [6.45, 7) is 7.42. The van der Waals surface area contributed by atoms with E-state index < -0.39 is 0 Å². The molecule has 1 unspecified atom stereocenters. The summed E-state index contributed by atoms with van der Waals surface area (Å²) in [5, 5.41) is 9.71. The van der Waals surface area contributed by atoms with Crippen molar-refractivity contribution in [1.29, 1.82) is 0 Å². The summed E-state index contributed by atoms with van der Waals surface area (Å²) in [5.41, 5.74) is 0.933. The molecule has 0 aromatic carbocycles. The van der Waals surface area contributed by atoms with Crippen LogP contribution in [0.15, 0.2) is 60.9 Å². The van der Waals surface area contributed by atoms with Gasteiger partial charge in [0, 0.05) is 5.57 Å². The molecule has 0 bridgehead atoms. The molecule has 0 radical (unpaired) electrons. The predicted molar refractivity (Wildman–Crippen MR) is 70.3 cm³/mol. The maximum atomic E-state index is 9.71. The van der Waals surface area contributed by atoms with Gasteiger partial charge in [-0.05, 0) is 37.7 Å². The van der Waals surface area contributed by atoms with E-state index in [9.17, 15) is 5.11 Å². The third-order valence-corrected chi connectivity index (χ3v) is 2.63. The molecule has 1 N–H and O–H groups in total. The normalized spacial score (nSPS) is 20.4. The third-order valence-electron chi connectivity index (χ3n) is 2.63. The summed E-state index contributed by atoms with van der Waals surface area (Å²) in [6, 6.07) is 0. The SMILES string of the molecule is C=CCC/C=C/C1=CC(CC=C)CC=C1O. The van der Waals surface area contributed by atoms with Crippen LogP contribution in [0.2, 0.25) is 0 Å². The van der Waals surface area contributed by atoms with Gasteiger partial charge in [-0.1, -0.05) is 30.4 Å². The third kappa shape index (κ3) is 3.93. The van der Waals surface area contributed by atoms with Crippen LogP contribution < -0.4 is 0 Å². The minimum atomic E-state index is 0.398. The van der Waals surface area contributed by atoms with Crippen molar-refractivity contribution in [2.45, 2.75) is 25.7 Å². The first kappa shape index (κ1) is 12.6. The summed E-state index contributed by atoms with van der Waals surface area (Å²) in [4.78, 5) is 0. The predicted octanol–water partition coefficient (Wildman–Crippen LogP) is 4.47. The van der Waals surface area contributed by atoms with E-state index in [0.717, 1.165) is 31.3 Å². The molecular formula is C15H20O. The average molecular weight is 216 g/mol. The van der Waals surface area contributed by atoms with E-state index in [4.69, 9.17) is 0 Å². The van der Waals surface area contributed by atoms with E-state index in [-0.39, 0.29) is 0 Å². The molecule has 0 aromatic rings. The molecule has 86 valence electrons. The van der Waals surface area contributed by atoms with Crippen molar-refractivity contribution in [3.63, 3.8) is 0 Å². The maximum absolute atomic E-state index is 9.71. The lowest BCUT2D eigenvalue weighted by molar-refractivity contribution is 0.414. The highest BCUT2D eigenvalue weighted by Crippen LogP contribution is 2.24. The molecule has 0 spiro atoms.